The molecule has 0 radical (unpaired) electrons. The maximum Gasteiger partial charge on any atom is 0.410 e. The van der Waals surface area contributed by atoms with E-state index < -0.39 is 5.60 Å². The maximum absolute atomic E-state index is 12.8. The highest BCUT2D eigenvalue weighted by molar-refractivity contribution is 5.81. The zero-order chi connectivity index (χ0) is 23.9. The molecule has 1 saturated heterocycles. The molecule has 1 amide bonds. The average molecular weight is 455 g/mol. The fourth-order valence-electron chi connectivity index (χ4n) is 4.61. The number of benzene rings is 1. The Morgan fingerprint density at radius 3 is 2.76 bits per heavy atom. The van der Waals surface area contributed by atoms with Gasteiger partial charge in [-0.3, -0.25) is 18.7 Å². The summed E-state index contributed by atoms with van der Waals surface area (Å²) in [6.07, 6.45) is 1.84. The molecular weight excluding hydrogens is 420 g/mol. The SMILES string of the molecule is Cc1ccc2c(c1)c(=O)n(C)c1nnc(CN3CCCC(CN(C)C(=O)OC(C)(C)C)C3)n21. The van der Waals surface area contributed by atoms with E-state index in [9.17, 15) is 9.59 Å². The minimum Gasteiger partial charge on any atom is -0.444 e. The average Bonchev–Trinajstić information content (AvgIpc) is 3.14. The number of piperidine rings is 1. The Kier molecular flexibility index (Phi) is 6.18. The van der Waals surface area contributed by atoms with Crippen molar-refractivity contribution in [2.45, 2.75) is 52.7 Å². The minimum absolute atomic E-state index is 0.0663. The van der Waals surface area contributed by atoms with Gasteiger partial charge in [0.25, 0.3) is 5.56 Å². The first kappa shape index (κ1) is 23.2. The summed E-state index contributed by atoms with van der Waals surface area (Å²) >= 11 is 0. The molecule has 1 aromatic carbocycles. The summed E-state index contributed by atoms with van der Waals surface area (Å²) < 4.78 is 9.05. The highest BCUT2D eigenvalue weighted by Crippen LogP contribution is 2.22. The molecule has 2 aromatic heterocycles. The summed E-state index contributed by atoms with van der Waals surface area (Å²) in [5, 5.41) is 9.44. The standard InChI is InChI=1S/C24H34N6O3/c1-16-9-10-19-18(12-16)21(31)28(6)22-26-25-20(30(19)22)15-29-11-7-8-17(14-29)13-27(5)23(32)33-24(2,3)4/h9-10,12,17H,7-8,11,13-15H2,1-6H3. The topological polar surface area (TPSA) is 85.0 Å². The van der Waals surface area contributed by atoms with E-state index in [-0.39, 0.29) is 11.7 Å². The number of nitrogens with zero attached hydrogens (tertiary/aromatic N) is 6. The van der Waals surface area contributed by atoms with E-state index in [0.717, 1.165) is 42.8 Å². The largest absolute Gasteiger partial charge is 0.444 e. The van der Waals surface area contributed by atoms with Crippen molar-refractivity contribution in [1.82, 2.24) is 29.0 Å². The molecule has 0 aliphatic carbocycles. The third-order valence-corrected chi connectivity index (χ3v) is 6.15. The molecular formula is C24H34N6O3. The van der Waals surface area contributed by atoms with Gasteiger partial charge >= 0.3 is 6.09 Å². The third-order valence-electron chi connectivity index (χ3n) is 6.15. The fraction of sp³-hybridized carbons (Fsp3) is 0.583. The van der Waals surface area contributed by atoms with E-state index in [0.29, 0.717) is 30.2 Å². The molecule has 3 aromatic rings. The Labute approximate surface area is 193 Å². The number of ether oxygens (including phenoxy) is 1. The lowest BCUT2D eigenvalue weighted by molar-refractivity contribution is 0.0240. The van der Waals surface area contributed by atoms with Crippen molar-refractivity contribution in [3.8, 4) is 0 Å². The van der Waals surface area contributed by atoms with Gasteiger partial charge in [0.1, 0.15) is 5.60 Å². The highest BCUT2D eigenvalue weighted by atomic mass is 16.6. The predicted molar refractivity (Wildman–Crippen MR) is 127 cm³/mol. The van der Waals surface area contributed by atoms with Gasteiger partial charge in [0.15, 0.2) is 5.82 Å². The van der Waals surface area contributed by atoms with Gasteiger partial charge in [-0.25, -0.2) is 4.79 Å². The van der Waals surface area contributed by atoms with E-state index >= 15 is 0 Å². The van der Waals surface area contributed by atoms with Crippen molar-refractivity contribution in [2.75, 3.05) is 26.7 Å². The molecule has 0 spiro atoms. The first-order valence-corrected chi connectivity index (χ1v) is 11.5. The normalized spacial score (nSPS) is 17.6. The van der Waals surface area contributed by atoms with Crippen LogP contribution in [0.25, 0.3) is 16.7 Å². The summed E-state index contributed by atoms with van der Waals surface area (Å²) in [6, 6.07) is 5.90. The van der Waals surface area contributed by atoms with Gasteiger partial charge in [-0.15, -0.1) is 10.2 Å². The van der Waals surface area contributed by atoms with Crippen LogP contribution in [0.1, 0.15) is 45.0 Å². The molecule has 1 unspecified atom stereocenters. The van der Waals surface area contributed by atoms with Crippen LogP contribution in [0.5, 0.6) is 0 Å². The van der Waals surface area contributed by atoms with E-state index in [4.69, 9.17) is 4.74 Å². The fourth-order valence-corrected chi connectivity index (χ4v) is 4.61. The summed E-state index contributed by atoms with van der Waals surface area (Å²) in [5.74, 6) is 1.72. The molecule has 9 nitrogen and oxygen atoms in total. The van der Waals surface area contributed by atoms with Crippen molar-refractivity contribution in [1.29, 1.82) is 0 Å². The number of carbonyl (C=O) groups excluding carboxylic acids is 1. The number of aromatic nitrogens is 4. The van der Waals surface area contributed by atoms with Crippen LogP contribution in [0, 0.1) is 12.8 Å². The summed E-state index contributed by atoms with van der Waals surface area (Å²) in [4.78, 5) is 29.2. The van der Waals surface area contributed by atoms with Crippen LogP contribution in [0.15, 0.2) is 23.0 Å². The molecule has 4 rings (SSSR count). The second-order valence-corrected chi connectivity index (χ2v) is 10.2. The molecule has 9 heteroatoms. The number of hydrogen-bond acceptors (Lipinski definition) is 6. The molecule has 1 aliphatic rings. The van der Waals surface area contributed by atoms with Gasteiger partial charge < -0.3 is 9.64 Å². The van der Waals surface area contributed by atoms with Crippen molar-refractivity contribution in [2.24, 2.45) is 13.0 Å². The molecule has 3 heterocycles. The molecule has 0 N–H and O–H groups in total. The summed E-state index contributed by atoms with van der Waals surface area (Å²) in [6.45, 7) is 10.7. The molecule has 33 heavy (non-hydrogen) atoms. The second-order valence-electron chi connectivity index (χ2n) is 10.2. The number of aryl methyl sites for hydroxylation is 2. The number of rotatable bonds is 4. The zero-order valence-corrected chi connectivity index (χ0v) is 20.5. The molecule has 1 fully saturated rings. The Morgan fingerprint density at radius 2 is 2.03 bits per heavy atom. The van der Waals surface area contributed by atoms with Crippen LogP contribution in [-0.4, -0.2) is 67.3 Å². The Morgan fingerprint density at radius 1 is 1.27 bits per heavy atom. The first-order valence-electron chi connectivity index (χ1n) is 11.5. The lowest BCUT2D eigenvalue weighted by atomic mass is 9.97. The second kappa shape index (κ2) is 8.78. The number of hydrogen-bond donors (Lipinski definition) is 0. The van der Waals surface area contributed by atoms with E-state index in [1.807, 2.05) is 50.3 Å². The number of fused-ring (bicyclic) bond motifs is 3. The van der Waals surface area contributed by atoms with Crippen LogP contribution in [-0.2, 0) is 18.3 Å². The highest BCUT2D eigenvalue weighted by Gasteiger charge is 2.26. The van der Waals surface area contributed by atoms with Gasteiger partial charge in [-0.2, -0.15) is 0 Å². The monoisotopic (exact) mass is 454 g/mol. The van der Waals surface area contributed by atoms with Gasteiger partial charge in [-0.1, -0.05) is 11.6 Å². The lowest BCUT2D eigenvalue weighted by Crippen LogP contribution is -2.42. The van der Waals surface area contributed by atoms with Crippen LogP contribution in [0.3, 0.4) is 0 Å². The van der Waals surface area contributed by atoms with Crippen molar-refractivity contribution < 1.29 is 9.53 Å². The van der Waals surface area contributed by atoms with E-state index in [1.54, 1.807) is 23.6 Å². The number of carbonyl (C=O) groups is 1. The lowest BCUT2D eigenvalue weighted by Gasteiger charge is -2.34. The van der Waals surface area contributed by atoms with Gasteiger partial charge in [0, 0.05) is 27.2 Å². The van der Waals surface area contributed by atoms with E-state index in [2.05, 4.69) is 15.1 Å². The van der Waals surface area contributed by atoms with Crippen molar-refractivity contribution in [3.05, 3.63) is 39.9 Å². The molecule has 178 valence electrons. The molecule has 1 atom stereocenters. The van der Waals surface area contributed by atoms with Gasteiger partial charge in [0.05, 0.1) is 17.4 Å². The molecule has 1 aliphatic heterocycles. The van der Waals surface area contributed by atoms with Crippen molar-refractivity contribution in [3.63, 3.8) is 0 Å². The smallest absolute Gasteiger partial charge is 0.410 e. The van der Waals surface area contributed by atoms with Crippen molar-refractivity contribution >= 4 is 22.8 Å². The van der Waals surface area contributed by atoms with Crippen LogP contribution >= 0.6 is 0 Å². The molecule has 0 bridgehead atoms. The third kappa shape index (κ3) is 4.88. The Hall–Kier alpha value is -2.94. The van der Waals surface area contributed by atoms with Gasteiger partial charge in [0.2, 0.25) is 5.78 Å². The number of likely N-dealkylation sites (tertiary alicyclic amines) is 1. The van der Waals surface area contributed by atoms with Crippen LogP contribution in [0.4, 0.5) is 4.79 Å². The first-order chi connectivity index (χ1) is 15.5. The molecule has 0 saturated carbocycles. The summed E-state index contributed by atoms with van der Waals surface area (Å²) in [7, 11) is 3.54. The number of amides is 1. The van der Waals surface area contributed by atoms with Crippen LogP contribution < -0.4 is 5.56 Å². The van der Waals surface area contributed by atoms with Gasteiger partial charge in [-0.05, 0) is 65.1 Å². The Bertz CT molecular complexity index is 1240. The predicted octanol–water partition coefficient (Wildman–Crippen LogP) is 2.97. The Balaban J connectivity index is 1.53. The van der Waals surface area contributed by atoms with Crippen LogP contribution in [0.2, 0.25) is 0 Å². The quantitative estimate of drug-likeness (QED) is 0.603. The van der Waals surface area contributed by atoms with E-state index in [1.165, 1.54) is 0 Å². The minimum atomic E-state index is -0.500. The zero-order valence-electron chi connectivity index (χ0n) is 20.5. The summed E-state index contributed by atoms with van der Waals surface area (Å²) in [5.41, 5.74) is 1.31. The maximum atomic E-state index is 12.8.